The lowest BCUT2D eigenvalue weighted by atomic mass is 10.0. The first-order valence-corrected chi connectivity index (χ1v) is 5.65. The van der Waals surface area contributed by atoms with E-state index in [1.807, 2.05) is 0 Å². The van der Waals surface area contributed by atoms with Crippen LogP contribution in [0, 0.1) is 6.92 Å². The van der Waals surface area contributed by atoms with E-state index >= 15 is 0 Å². The average molecular weight is 284 g/mol. The molecule has 0 unspecified atom stereocenters. The van der Waals surface area contributed by atoms with E-state index in [1.54, 1.807) is 30.1 Å². The second-order valence-electron chi connectivity index (χ2n) is 4.16. The number of hydrogen-bond acceptors (Lipinski definition) is 3. The number of alkyl halides is 3. The maximum absolute atomic E-state index is 12.7. The topological polar surface area (TPSA) is 55.0 Å². The second-order valence-corrected chi connectivity index (χ2v) is 4.16. The molecule has 7 heteroatoms. The summed E-state index contributed by atoms with van der Waals surface area (Å²) in [5.74, 6) is 0.576. The molecule has 0 fully saturated rings. The van der Waals surface area contributed by atoms with Crippen LogP contribution in [0.3, 0.4) is 0 Å². The highest BCUT2D eigenvalue weighted by Crippen LogP contribution is 2.30. The number of rotatable bonds is 2. The van der Waals surface area contributed by atoms with Crippen LogP contribution in [0.4, 0.5) is 13.2 Å². The van der Waals surface area contributed by atoms with Crippen molar-refractivity contribution in [1.29, 1.82) is 0 Å². The van der Waals surface area contributed by atoms with Crippen LogP contribution in [-0.4, -0.2) is 17.1 Å². The Kier molecular flexibility index (Phi) is 3.52. The van der Waals surface area contributed by atoms with Crippen LogP contribution in [0.25, 0.3) is 11.3 Å². The number of H-pyrrole nitrogens is 1. The second kappa shape index (κ2) is 4.99. The highest BCUT2D eigenvalue weighted by molar-refractivity contribution is 5.64. The van der Waals surface area contributed by atoms with Gasteiger partial charge in [0.2, 0.25) is 0 Å². The summed E-state index contributed by atoms with van der Waals surface area (Å²) in [7, 11) is 1.49. The zero-order valence-corrected chi connectivity index (χ0v) is 10.7. The molecule has 0 aliphatic carbocycles. The molecule has 0 amide bonds. The van der Waals surface area contributed by atoms with Gasteiger partial charge in [0.25, 0.3) is 0 Å². The summed E-state index contributed by atoms with van der Waals surface area (Å²) < 4.78 is 43.0. The summed E-state index contributed by atoms with van der Waals surface area (Å²) in [6.07, 6.45) is -4.63. The SMILES string of the molecule is COc1ccc(-c2cc(C(F)(F)F)[nH]c(=O)n2)c(C)c1. The van der Waals surface area contributed by atoms with Crippen molar-refractivity contribution < 1.29 is 17.9 Å². The van der Waals surface area contributed by atoms with E-state index in [2.05, 4.69) is 4.98 Å². The third-order valence-electron chi connectivity index (χ3n) is 2.76. The Labute approximate surface area is 112 Å². The van der Waals surface area contributed by atoms with Gasteiger partial charge in [-0.25, -0.2) is 4.79 Å². The fourth-order valence-corrected chi connectivity index (χ4v) is 1.80. The highest BCUT2D eigenvalue weighted by Gasteiger charge is 2.32. The number of aromatic amines is 1. The lowest BCUT2D eigenvalue weighted by molar-refractivity contribution is -0.141. The fraction of sp³-hybridized carbons (Fsp3) is 0.231. The van der Waals surface area contributed by atoms with Gasteiger partial charge in [0.15, 0.2) is 0 Å². The molecule has 1 N–H and O–H groups in total. The average Bonchev–Trinajstić information content (AvgIpc) is 2.36. The Morgan fingerprint density at radius 1 is 1.25 bits per heavy atom. The normalized spacial score (nSPS) is 11.4. The first-order chi connectivity index (χ1) is 9.31. The Morgan fingerprint density at radius 2 is 1.95 bits per heavy atom. The van der Waals surface area contributed by atoms with Crippen LogP contribution >= 0.6 is 0 Å². The number of hydrogen-bond donors (Lipinski definition) is 1. The Balaban J connectivity index is 2.59. The molecule has 0 aliphatic rings. The molecule has 1 aromatic heterocycles. The van der Waals surface area contributed by atoms with Crippen LogP contribution in [0.1, 0.15) is 11.3 Å². The van der Waals surface area contributed by atoms with Crippen molar-refractivity contribution in [1.82, 2.24) is 9.97 Å². The molecule has 20 heavy (non-hydrogen) atoms. The third kappa shape index (κ3) is 2.81. The van der Waals surface area contributed by atoms with Crippen molar-refractivity contribution in [2.24, 2.45) is 0 Å². The molecular formula is C13H11F3N2O2. The minimum absolute atomic E-state index is 0.0266. The van der Waals surface area contributed by atoms with E-state index in [0.29, 0.717) is 16.9 Å². The van der Waals surface area contributed by atoms with Gasteiger partial charge < -0.3 is 9.72 Å². The van der Waals surface area contributed by atoms with Gasteiger partial charge in [0.05, 0.1) is 12.8 Å². The Morgan fingerprint density at radius 3 is 2.50 bits per heavy atom. The van der Waals surface area contributed by atoms with E-state index in [4.69, 9.17) is 4.74 Å². The van der Waals surface area contributed by atoms with Crippen molar-refractivity contribution in [3.63, 3.8) is 0 Å². The molecule has 1 aromatic carbocycles. The van der Waals surface area contributed by atoms with Crippen molar-refractivity contribution in [2.45, 2.75) is 13.1 Å². The lowest BCUT2D eigenvalue weighted by Gasteiger charge is -2.10. The molecule has 1 heterocycles. The zero-order valence-electron chi connectivity index (χ0n) is 10.7. The molecule has 2 aromatic rings. The van der Waals surface area contributed by atoms with Gasteiger partial charge in [-0.05, 0) is 36.8 Å². The summed E-state index contributed by atoms with van der Waals surface area (Å²) in [6, 6.07) is 5.64. The Bertz CT molecular complexity index is 693. The zero-order chi connectivity index (χ0) is 14.9. The molecule has 0 bridgehead atoms. The summed E-state index contributed by atoms with van der Waals surface area (Å²) in [5.41, 5.74) is -1.08. The van der Waals surface area contributed by atoms with E-state index in [-0.39, 0.29) is 5.69 Å². The van der Waals surface area contributed by atoms with Gasteiger partial charge in [-0.3, -0.25) is 0 Å². The van der Waals surface area contributed by atoms with Crippen molar-refractivity contribution in [3.8, 4) is 17.0 Å². The first-order valence-electron chi connectivity index (χ1n) is 5.65. The number of ether oxygens (including phenoxy) is 1. The third-order valence-corrected chi connectivity index (χ3v) is 2.76. The number of aromatic nitrogens is 2. The molecule has 0 aliphatic heterocycles. The van der Waals surface area contributed by atoms with Crippen LogP contribution < -0.4 is 10.4 Å². The molecule has 0 saturated carbocycles. The molecule has 106 valence electrons. The number of benzene rings is 1. The molecule has 2 rings (SSSR count). The van der Waals surface area contributed by atoms with Crippen LogP contribution in [0.15, 0.2) is 29.1 Å². The minimum atomic E-state index is -4.63. The molecular weight excluding hydrogens is 273 g/mol. The molecule has 0 spiro atoms. The number of aryl methyl sites for hydroxylation is 1. The smallest absolute Gasteiger partial charge is 0.431 e. The van der Waals surface area contributed by atoms with Gasteiger partial charge in [-0.15, -0.1) is 0 Å². The fourth-order valence-electron chi connectivity index (χ4n) is 1.80. The van der Waals surface area contributed by atoms with Crippen LogP contribution in [0.2, 0.25) is 0 Å². The predicted octanol–water partition coefficient (Wildman–Crippen LogP) is 2.77. The van der Waals surface area contributed by atoms with Gasteiger partial charge in [0.1, 0.15) is 11.4 Å². The summed E-state index contributed by atoms with van der Waals surface area (Å²) >= 11 is 0. The van der Waals surface area contributed by atoms with Crippen LogP contribution in [-0.2, 0) is 6.18 Å². The van der Waals surface area contributed by atoms with E-state index in [1.165, 1.54) is 7.11 Å². The van der Waals surface area contributed by atoms with E-state index in [9.17, 15) is 18.0 Å². The van der Waals surface area contributed by atoms with Crippen LogP contribution in [0.5, 0.6) is 5.75 Å². The number of halogens is 3. The maximum Gasteiger partial charge on any atom is 0.431 e. The Hall–Kier alpha value is -2.31. The standard InChI is InChI=1S/C13H11F3N2O2/c1-7-5-8(20-2)3-4-9(7)10-6-11(13(14,15)16)18-12(19)17-10/h3-6H,1-2H3,(H,17,18,19). The van der Waals surface area contributed by atoms with E-state index in [0.717, 1.165) is 6.07 Å². The molecule has 0 radical (unpaired) electrons. The van der Waals surface area contributed by atoms with Crippen molar-refractivity contribution in [2.75, 3.05) is 7.11 Å². The molecule has 4 nitrogen and oxygen atoms in total. The lowest BCUT2D eigenvalue weighted by Crippen LogP contribution is -2.19. The summed E-state index contributed by atoms with van der Waals surface area (Å²) in [6.45, 7) is 1.70. The number of nitrogens with one attached hydrogen (secondary N) is 1. The van der Waals surface area contributed by atoms with Gasteiger partial charge in [-0.1, -0.05) is 0 Å². The largest absolute Gasteiger partial charge is 0.497 e. The highest BCUT2D eigenvalue weighted by atomic mass is 19.4. The quantitative estimate of drug-likeness (QED) is 0.922. The van der Waals surface area contributed by atoms with Crippen molar-refractivity contribution >= 4 is 0 Å². The number of nitrogens with zero attached hydrogens (tertiary/aromatic N) is 1. The minimum Gasteiger partial charge on any atom is -0.497 e. The molecule has 0 atom stereocenters. The summed E-state index contributed by atoms with van der Waals surface area (Å²) in [4.78, 5) is 16.5. The summed E-state index contributed by atoms with van der Waals surface area (Å²) in [5, 5.41) is 0. The van der Waals surface area contributed by atoms with Gasteiger partial charge >= 0.3 is 11.9 Å². The first kappa shape index (κ1) is 14.1. The van der Waals surface area contributed by atoms with E-state index < -0.39 is 17.6 Å². The van der Waals surface area contributed by atoms with Gasteiger partial charge in [0, 0.05) is 5.56 Å². The maximum atomic E-state index is 12.7. The van der Waals surface area contributed by atoms with Gasteiger partial charge in [-0.2, -0.15) is 18.2 Å². The monoisotopic (exact) mass is 284 g/mol. The predicted molar refractivity (Wildman–Crippen MR) is 66.6 cm³/mol. The molecule has 0 saturated heterocycles. The van der Waals surface area contributed by atoms with Crippen molar-refractivity contribution in [3.05, 3.63) is 46.0 Å². The number of methoxy groups -OCH3 is 1.